The first kappa shape index (κ1) is 18.8. The molecule has 0 aliphatic heterocycles. The zero-order valence-electron chi connectivity index (χ0n) is 12.2. The highest BCUT2D eigenvalue weighted by atomic mass is 31.1. The minimum absolute atomic E-state index is 0.131. The first-order chi connectivity index (χ1) is 10.6. The Morgan fingerprint density at radius 2 is 1.78 bits per heavy atom. The van der Waals surface area contributed by atoms with E-state index in [4.69, 9.17) is 14.4 Å². The van der Waals surface area contributed by atoms with E-state index in [1.165, 1.54) is 17.9 Å². The zero-order chi connectivity index (χ0) is 17.7. The molecule has 1 aromatic carbocycles. The van der Waals surface area contributed by atoms with Gasteiger partial charge in [0.25, 0.3) is 0 Å². The summed E-state index contributed by atoms with van der Waals surface area (Å²) in [5, 5.41) is 0. The maximum Gasteiger partial charge on any atom is 0.314 e. The van der Waals surface area contributed by atoms with E-state index in [0.29, 0.717) is 11.1 Å². The molecule has 0 aliphatic carbocycles. The fourth-order valence-corrected chi connectivity index (χ4v) is 1.75. The van der Waals surface area contributed by atoms with E-state index in [9.17, 15) is 18.8 Å². The van der Waals surface area contributed by atoms with Gasteiger partial charge in [-0.05, 0) is 12.1 Å². The summed E-state index contributed by atoms with van der Waals surface area (Å²) in [7, 11) is -1.57. The monoisotopic (exact) mass is 347 g/mol. The molecular weight excluding hydrogens is 332 g/mol. The number of rotatable bonds is 2. The summed E-state index contributed by atoms with van der Waals surface area (Å²) in [6.45, 7) is 1.51. The highest BCUT2D eigenvalue weighted by Crippen LogP contribution is 2.16. The highest BCUT2D eigenvalue weighted by molar-refractivity contribution is 7.30. The Hall–Kier alpha value is -2.29. The number of fused-ring (bicyclic) bond motifs is 1. The molecule has 0 radical (unpaired) electrons. The molecule has 0 saturated heterocycles. The Morgan fingerprint density at radius 1 is 1.26 bits per heavy atom. The van der Waals surface area contributed by atoms with Gasteiger partial charge in [0, 0.05) is 26.1 Å². The lowest BCUT2D eigenvalue weighted by molar-refractivity contribution is -0.128. The molecule has 0 spiro atoms. The van der Waals surface area contributed by atoms with Gasteiger partial charge < -0.3 is 24.7 Å². The van der Waals surface area contributed by atoms with Crippen molar-refractivity contribution in [1.82, 2.24) is 14.9 Å². The molecule has 23 heavy (non-hydrogen) atoms. The van der Waals surface area contributed by atoms with Gasteiger partial charge in [0.1, 0.15) is 5.82 Å². The lowest BCUT2D eigenvalue weighted by Gasteiger charge is -2.16. The van der Waals surface area contributed by atoms with Gasteiger partial charge in [0.2, 0.25) is 5.91 Å². The van der Waals surface area contributed by atoms with E-state index in [2.05, 4.69) is 9.97 Å². The molecule has 2 aromatic rings. The second-order valence-electron chi connectivity index (χ2n) is 4.55. The van der Waals surface area contributed by atoms with Gasteiger partial charge in [-0.25, -0.2) is 4.39 Å². The number of benzene rings is 1. The predicted molar refractivity (Wildman–Crippen MR) is 80.7 cm³/mol. The average molecular weight is 347 g/mol. The number of hydrogen-bond acceptors (Lipinski definition) is 4. The SMILES string of the molecule is CC(=O)N(C)Cc1cc(F)cc2[nH]c(=O)c(=O)[nH]c12.O=[PH](O)O. The summed E-state index contributed by atoms with van der Waals surface area (Å²) in [4.78, 5) is 54.1. The van der Waals surface area contributed by atoms with Crippen LogP contribution in [0.2, 0.25) is 0 Å². The summed E-state index contributed by atoms with van der Waals surface area (Å²) in [5.41, 5.74) is -0.730. The van der Waals surface area contributed by atoms with Gasteiger partial charge in [-0.2, -0.15) is 0 Å². The van der Waals surface area contributed by atoms with Gasteiger partial charge in [-0.15, -0.1) is 0 Å². The molecule has 1 aromatic heterocycles. The van der Waals surface area contributed by atoms with Crippen LogP contribution in [0.25, 0.3) is 11.0 Å². The van der Waals surface area contributed by atoms with E-state index in [1.54, 1.807) is 7.05 Å². The smallest absolute Gasteiger partial charge is 0.314 e. The van der Waals surface area contributed by atoms with Crippen molar-refractivity contribution < 1.29 is 23.5 Å². The Balaban J connectivity index is 0.000000593. The number of hydrogen-bond donors (Lipinski definition) is 4. The van der Waals surface area contributed by atoms with Crippen molar-refractivity contribution in [2.45, 2.75) is 13.5 Å². The number of carbonyl (C=O) groups excluding carboxylic acids is 1. The Kier molecular flexibility index (Phi) is 6.38. The fourth-order valence-electron chi connectivity index (χ4n) is 1.75. The van der Waals surface area contributed by atoms with Crippen LogP contribution in [-0.4, -0.2) is 37.6 Å². The molecule has 0 fully saturated rings. The van der Waals surface area contributed by atoms with E-state index < -0.39 is 25.2 Å². The minimum Gasteiger partial charge on any atom is -0.342 e. The Labute approximate surface area is 129 Å². The van der Waals surface area contributed by atoms with Gasteiger partial charge >= 0.3 is 19.4 Å². The number of carbonyl (C=O) groups is 1. The normalized spacial score (nSPS) is 10.3. The second-order valence-corrected chi connectivity index (χ2v) is 5.12. The van der Waals surface area contributed by atoms with E-state index in [-0.39, 0.29) is 18.0 Å². The molecule has 2 rings (SSSR count). The average Bonchev–Trinajstić information content (AvgIpc) is 2.40. The van der Waals surface area contributed by atoms with Gasteiger partial charge in [0.05, 0.1) is 11.0 Å². The van der Waals surface area contributed by atoms with E-state index in [1.807, 2.05) is 0 Å². The lowest BCUT2D eigenvalue weighted by Crippen LogP contribution is -2.30. The molecule has 0 atom stereocenters. The molecule has 1 amide bonds. The van der Waals surface area contributed by atoms with Gasteiger partial charge in [-0.3, -0.25) is 18.9 Å². The third-order valence-corrected chi connectivity index (χ3v) is 2.82. The largest absolute Gasteiger partial charge is 0.342 e. The first-order valence-corrected chi connectivity index (χ1v) is 7.50. The standard InChI is InChI=1S/C12H12FN3O3.H3O3P/c1-6(17)16(2)5-7-3-8(13)4-9-10(7)15-12(19)11(18)14-9;1-4(2)3/h3-4H,5H2,1-2H3,(H,14,18)(H,15,19);4H,(H2,1,2,3). The van der Waals surface area contributed by atoms with Crippen molar-refractivity contribution in [3.63, 3.8) is 0 Å². The van der Waals surface area contributed by atoms with Crippen molar-refractivity contribution in [2.75, 3.05) is 7.05 Å². The number of aromatic amines is 2. The molecule has 11 heteroatoms. The van der Waals surface area contributed by atoms with Crippen molar-refractivity contribution in [1.29, 1.82) is 0 Å². The van der Waals surface area contributed by atoms with Crippen LogP contribution in [0.4, 0.5) is 4.39 Å². The summed E-state index contributed by atoms with van der Waals surface area (Å²) in [6.07, 6.45) is 0. The van der Waals surface area contributed by atoms with Crippen molar-refractivity contribution >= 4 is 25.2 Å². The number of nitrogens with zero attached hydrogens (tertiary/aromatic N) is 1. The molecular formula is C12H15FN3O6P. The number of halogens is 1. The van der Waals surface area contributed by atoms with Crippen LogP contribution in [0, 0.1) is 5.82 Å². The van der Waals surface area contributed by atoms with Crippen LogP contribution in [0.5, 0.6) is 0 Å². The summed E-state index contributed by atoms with van der Waals surface area (Å²) in [5.74, 6) is -0.744. The highest BCUT2D eigenvalue weighted by Gasteiger charge is 2.11. The summed E-state index contributed by atoms with van der Waals surface area (Å²) >= 11 is 0. The maximum absolute atomic E-state index is 13.5. The summed E-state index contributed by atoms with van der Waals surface area (Å²) in [6, 6.07) is 2.33. The first-order valence-electron chi connectivity index (χ1n) is 6.20. The molecule has 9 nitrogen and oxygen atoms in total. The molecule has 0 aliphatic rings. The van der Waals surface area contributed by atoms with Crippen LogP contribution in [0.3, 0.4) is 0 Å². The predicted octanol–water partition coefficient (Wildman–Crippen LogP) is -0.306. The second kappa shape index (κ2) is 7.82. The maximum atomic E-state index is 13.5. The lowest BCUT2D eigenvalue weighted by atomic mass is 10.1. The Bertz CT molecular complexity index is 858. The minimum atomic E-state index is -3.13. The van der Waals surface area contributed by atoms with Crippen molar-refractivity contribution in [3.8, 4) is 0 Å². The number of amides is 1. The van der Waals surface area contributed by atoms with Crippen LogP contribution < -0.4 is 11.1 Å². The summed E-state index contributed by atoms with van der Waals surface area (Å²) < 4.78 is 22.2. The molecule has 4 N–H and O–H groups in total. The third kappa shape index (κ3) is 5.44. The van der Waals surface area contributed by atoms with E-state index >= 15 is 0 Å². The molecule has 0 unspecified atom stereocenters. The Morgan fingerprint density at radius 3 is 2.30 bits per heavy atom. The number of H-pyrrole nitrogens is 2. The topological polar surface area (TPSA) is 144 Å². The van der Waals surface area contributed by atoms with Crippen LogP contribution in [0.15, 0.2) is 21.7 Å². The van der Waals surface area contributed by atoms with Crippen LogP contribution >= 0.6 is 8.25 Å². The number of aromatic nitrogens is 2. The zero-order valence-corrected chi connectivity index (χ0v) is 13.2. The van der Waals surface area contributed by atoms with Gasteiger partial charge in [0.15, 0.2) is 0 Å². The van der Waals surface area contributed by atoms with E-state index in [0.717, 1.165) is 6.07 Å². The number of nitrogens with one attached hydrogen (secondary N) is 2. The molecule has 126 valence electrons. The van der Waals surface area contributed by atoms with Crippen LogP contribution in [0.1, 0.15) is 12.5 Å². The molecule has 0 saturated carbocycles. The third-order valence-electron chi connectivity index (χ3n) is 2.82. The molecule has 0 bridgehead atoms. The quantitative estimate of drug-likeness (QED) is 0.433. The van der Waals surface area contributed by atoms with Crippen LogP contribution in [-0.2, 0) is 15.9 Å². The van der Waals surface area contributed by atoms with Crippen molar-refractivity contribution in [2.24, 2.45) is 0 Å². The molecule has 1 heterocycles. The van der Waals surface area contributed by atoms with Gasteiger partial charge in [-0.1, -0.05) is 0 Å². The van der Waals surface area contributed by atoms with Crippen molar-refractivity contribution in [3.05, 3.63) is 44.2 Å². The fraction of sp³-hybridized carbons (Fsp3) is 0.250.